The molecule has 1 heterocycles. The molecule has 1 aliphatic heterocycles. The van der Waals surface area contributed by atoms with Crippen molar-refractivity contribution in [2.24, 2.45) is 0 Å². The molecule has 3 aromatic rings. The summed E-state index contributed by atoms with van der Waals surface area (Å²) in [5.41, 5.74) is 0.952. The summed E-state index contributed by atoms with van der Waals surface area (Å²) < 4.78 is 17.0. The lowest BCUT2D eigenvalue weighted by Crippen LogP contribution is -2.33. The number of carbonyl (C=O) groups is 2. The molecule has 0 spiro atoms. The highest BCUT2D eigenvalue weighted by atomic mass is 16.5. The van der Waals surface area contributed by atoms with Crippen LogP contribution in [0.4, 0.5) is 0 Å². The van der Waals surface area contributed by atoms with Gasteiger partial charge in [-0.25, -0.2) is 0 Å². The molecule has 0 bridgehead atoms. The minimum Gasteiger partial charge on any atom is -0.507 e. The fraction of sp³-hybridized carbons (Fsp3) is 0.241. The van der Waals surface area contributed by atoms with Crippen LogP contribution in [-0.2, 0) is 14.3 Å². The standard InChI is InChI=1S/C29H29NO6/c1-19(2)35-17-16-30-26(20-10-9-13-22(18-20)36-21-11-5-4-6-12-21)25(28(32)29(30)33)27(31)23-14-7-8-15-24(23)34-3/h4-15,18-19,26,31H,16-17H2,1-3H3/b27-25-. The maximum absolute atomic E-state index is 13.3. The van der Waals surface area contributed by atoms with Crippen molar-refractivity contribution in [2.75, 3.05) is 20.3 Å². The normalized spacial score (nSPS) is 17.0. The van der Waals surface area contributed by atoms with Crippen LogP contribution in [-0.4, -0.2) is 48.1 Å². The first-order valence-corrected chi connectivity index (χ1v) is 11.8. The van der Waals surface area contributed by atoms with Crippen molar-refractivity contribution in [3.63, 3.8) is 0 Å². The van der Waals surface area contributed by atoms with E-state index in [1.54, 1.807) is 48.5 Å². The van der Waals surface area contributed by atoms with Gasteiger partial charge in [-0.2, -0.15) is 0 Å². The lowest BCUT2D eigenvalue weighted by molar-refractivity contribution is -0.140. The van der Waals surface area contributed by atoms with Crippen LogP contribution in [0.15, 0.2) is 84.4 Å². The maximum atomic E-state index is 13.3. The summed E-state index contributed by atoms with van der Waals surface area (Å²) in [6.07, 6.45) is -0.0311. The quantitative estimate of drug-likeness (QED) is 0.249. The number of ketones is 1. The van der Waals surface area contributed by atoms with Crippen LogP contribution >= 0.6 is 0 Å². The van der Waals surface area contributed by atoms with Crippen LogP contribution in [0, 0.1) is 0 Å². The summed E-state index contributed by atoms with van der Waals surface area (Å²) in [5.74, 6) is -0.162. The van der Waals surface area contributed by atoms with Crippen molar-refractivity contribution in [1.29, 1.82) is 0 Å². The number of aliphatic hydroxyl groups is 1. The molecule has 1 amide bonds. The molecule has 3 aromatic carbocycles. The Balaban J connectivity index is 1.80. The summed E-state index contributed by atoms with van der Waals surface area (Å²) in [6.45, 7) is 4.23. The lowest BCUT2D eigenvalue weighted by atomic mass is 9.95. The highest BCUT2D eigenvalue weighted by Gasteiger charge is 2.46. The van der Waals surface area contributed by atoms with Gasteiger partial charge in [-0.05, 0) is 55.8 Å². The van der Waals surface area contributed by atoms with Gasteiger partial charge in [0.05, 0.1) is 37.0 Å². The molecule has 1 aliphatic rings. The molecule has 1 N–H and O–H groups in total. The van der Waals surface area contributed by atoms with Crippen molar-refractivity contribution in [3.8, 4) is 17.2 Å². The van der Waals surface area contributed by atoms with Crippen LogP contribution < -0.4 is 9.47 Å². The molecule has 186 valence electrons. The van der Waals surface area contributed by atoms with Gasteiger partial charge >= 0.3 is 0 Å². The summed E-state index contributed by atoms with van der Waals surface area (Å²) in [6, 6.07) is 22.5. The maximum Gasteiger partial charge on any atom is 0.295 e. The number of carbonyl (C=O) groups excluding carboxylic acids is 2. The van der Waals surface area contributed by atoms with Crippen LogP contribution in [0.3, 0.4) is 0 Å². The Bertz CT molecular complexity index is 1270. The number of nitrogens with zero attached hydrogens (tertiary/aromatic N) is 1. The number of Topliss-reactive ketones (excluding diaryl/α,β-unsaturated/α-hetero) is 1. The Labute approximate surface area is 210 Å². The Morgan fingerprint density at radius 3 is 2.36 bits per heavy atom. The van der Waals surface area contributed by atoms with Gasteiger partial charge < -0.3 is 24.2 Å². The van der Waals surface area contributed by atoms with E-state index in [1.807, 2.05) is 44.2 Å². The van der Waals surface area contributed by atoms with Gasteiger partial charge in [-0.1, -0.05) is 42.5 Å². The number of likely N-dealkylation sites (tertiary alicyclic amines) is 1. The molecule has 1 fully saturated rings. The molecule has 0 radical (unpaired) electrons. The Morgan fingerprint density at radius 2 is 1.64 bits per heavy atom. The number of methoxy groups -OCH3 is 1. The van der Waals surface area contributed by atoms with E-state index in [-0.39, 0.29) is 30.6 Å². The third-order valence-corrected chi connectivity index (χ3v) is 5.84. The number of rotatable bonds is 9. The zero-order valence-electron chi connectivity index (χ0n) is 20.5. The number of hydrogen-bond donors (Lipinski definition) is 1. The van der Waals surface area contributed by atoms with Crippen molar-refractivity contribution < 1.29 is 28.9 Å². The monoisotopic (exact) mass is 487 g/mol. The second-order valence-electron chi connectivity index (χ2n) is 8.60. The molecule has 7 nitrogen and oxygen atoms in total. The van der Waals surface area contributed by atoms with Gasteiger partial charge in [-0.15, -0.1) is 0 Å². The first-order valence-electron chi connectivity index (χ1n) is 11.8. The number of amides is 1. The van der Waals surface area contributed by atoms with Gasteiger partial charge in [0.2, 0.25) is 0 Å². The van der Waals surface area contributed by atoms with E-state index in [1.165, 1.54) is 12.0 Å². The average Bonchev–Trinajstić information content (AvgIpc) is 3.14. The van der Waals surface area contributed by atoms with Crippen molar-refractivity contribution in [2.45, 2.75) is 26.0 Å². The number of hydrogen-bond acceptors (Lipinski definition) is 6. The second-order valence-corrected chi connectivity index (χ2v) is 8.60. The molecular formula is C29H29NO6. The number of aliphatic hydroxyl groups excluding tert-OH is 1. The first-order chi connectivity index (χ1) is 17.4. The van der Waals surface area contributed by atoms with E-state index in [4.69, 9.17) is 14.2 Å². The van der Waals surface area contributed by atoms with Crippen LogP contribution in [0.1, 0.15) is 31.0 Å². The fourth-order valence-corrected chi connectivity index (χ4v) is 4.20. The molecule has 0 aliphatic carbocycles. The minimum absolute atomic E-state index is 0.00842. The van der Waals surface area contributed by atoms with Crippen LogP contribution in [0.2, 0.25) is 0 Å². The largest absolute Gasteiger partial charge is 0.507 e. The molecule has 36 heavy (non-hydrogen) atoms. The Morgan fingerprint density at radius 1 is 0.944 bits per heavy atom. The van der Waals surface area contributed by atoms with Crippen molar-refractivity contribution >= 4 is 17.4 Å². The molecule has 0 saturated carbocycles. The smallest absolute Gasteiger partial charge is 0.295 e. The van der Waals surface area contributed by atoms with Gasteiger partial charge in [-0.3, -0.25) is 9.59 Å². The highest BCUT2D eigenvalue weighted by Crippen LogP contribution is 2.41. The molecular weight excluding hydrogens is 458 g/mol. The second kappa shape index (κ2) is 11.1. The van der Waals surface area contributed by atoms with Gasteiger partial charge in [0, 0.05) is 6.54 Å². The summed E-state index contributed by atoms with van der Waals surface area (Å²) in [5, 5.41) is 11.3. The van der Waals surface area contributed by atoms with Crippen molar-refractivity contribution in [3.05, 3.63) is 95.6 Å². The predicted molar refractivity (Wildman–Crippen MR) is 136 cm³/mol. The van der Waals surface area contributed by atoms with E-state index >= 15 is 0 Å². The topological polar surface area (TPSA) is 85.3 Å². The molecule has 1 saturated heterocycles. The zero-order valence-corrected chi connectivity index (χ0v) is 20.5. The highest BCUT2D eigenvalue weighted by molar-refractivity contribution is 6.46. The molecule has 1 atom stereocenters. The van der Waals surface area contributed by atoms with E-state index < -0.39 is 17.7 Å². The third-order valence-electron chi connectivity index (χ3n) is 5.84. The number of para-hydroxylation sites is 2. The average molecular weight is 488 g/mol. The van der Waals surface area contributed by atoms with E-state index in [0.29, 0.717) is 28.4 Å². The molecule has 1 unspecified atom stereocenters. The van der Waals surface area contributed by atoms with Gasteiger partial charge in [0.1, 0.15) is 23.0 Å². The fourth-order valence-electron chi connectivity index (χ4n) is 4.20. The van der Waals surface area contributed by atoms with E-state index in [2.05, 4.69) is 0 Å². The minimum atomic E-state index is -0.829. The SMILES string of the molecule is COc1ccccc1/C(O)=C1/C(=O)C(=O)N(CCOC(C)C)C1c1cccc(Oc2ccccc2)c1. The third kappa shape index (κ3) is 5.26. The van der Waals surface area contributed by atoms with Gasteiger partial charge in [0.25, 0.3) is 11.7 Å². The molecule has 7 heteroatoms. The zero-order chi connectivity index (χ0) is 25.7. The van der Waals surface area contributed by atoms with Crippen LogP contribution in [0.5, 0.6) is 17.2 Å². The lowest BCUT2D eigenvalue weighted by Gasteiger charge is -2.26. The van der Waals surface area contributed by atoms with Gasteiger partial charge in [0.15, 0.2) is 0 Å². The summed E-state index contributed by atoms with van der Waals surface area (Å²) in [4.78, 5) is 27.9. The molecule has 4 rings (SSSR count). The summed E-state index contributed by atoms with van der Waals surface area (Å²) in [7, 11) is 1.48. The van der Waals surface area contributed by atoms with E-state index in [0.717, 1.165) is 0 Å². The van der Waals surface area contributed by atoms with Crippen molar-refractivity contribution in [1.82, 2.24) is 4.90 Å². The van der Waals surface area contributed by atoms with E-state index in [9.17, 15) is 14.7 Å². The predicted octanol–water partition coefficient (Wildman–Crippen LogP) is 5.33. The molecule has 0 aromatic heterocycles. The Kier molecular flexibility index (Phi) is 7.71. The van der Waals surface area contributed by atoms with Crippen LogP contribution in [0.25, 0.3) is 5.76 Å². The Hall–Kier alpha value is -4.10. The number of benzene rings is 3. The number of ether oxygens (including phenoxy) is 3. The summed E-state index contributed by atoms with van der Waals surface area (Å²) >= 11 is 0. The first kappa shape index (κ1) is 25.0.